The number of aromatic nitrogens is 2. The van der Waals surface area contributed by atoms with E-state index in [1.807, 2.05) is 35.8 Å². The molecule has 0 atom stereocenters. The third-order valence-electron chi connectivity index (χ3n) is 2.93. The SMILES string of the molecule is O=C(Cc1c[nH]c2ncccc12)NCc1cccs1. The van der Waals surface area contributed by atoms with Crippen LogP contribution >= 0.6 is 11.3 Å². The molecule has 3 rings (SSSR count). The van der Waals surface area contributed by atoms with Crippen molar-refractivity contribution in [3.05, 3.63) is 52.5 Å². The van der Waals surface area contributed by atoms with Crippen molar-refractivity contribution in [1.29, 1.82) is 0 Å². The minimum Gasteiger partial charge on any atom is -0.351 e. The summed E-state index contributed by atoms with van der Waals surface area (Å²) >= 11 is 1.64. The summed E-state index contributed by atoms with van der Waals surface area (Å²) in [6.45, 7) is 0.594. The molecule has 96 valence electrons. The highest BCUT2D eigenvalue weighted by atomic mass is 32.1. The zero-order valence-electron chi connectivity index (χ0n) is 10.2. The lowest BCUT2D eigenvalue weighted by Crippen LogP contribution is -2.23. The van der Waals surface area contributed by atoms with Gasteiger partial charge in [0.15, 0.2) is 0 Å². The van der Waals surface area contributed by atoms with Crippen molar-refractivity contribution < 1.29 is 4.79 Å². The van der Waals surface area contributed by atoms with E-state index in [0.717, 1.165) is 21.5 Å². The molecule has 0 aliphatic carbocycles. The Labute approximate surface area is 114 Å². The van der Waals surface area contributed by atoms with Gasteiger partial charge in [-0.1, -0.05) is 6.07 Å². The maximum absolute atomic E-state index is 11.9. The highest BCUT2D eigenvalue weighted by molar-refractivity contribution is 7.09. The number of thiophene rings is 1. The van der Waals surface area contributed by atoms with Crippen molar-refractivity contribution in [2.45, 2.75) is 13.0 Å². The Kier molecular flexibility index (Phi) is 3.29. The molecule has 5 heteroatoms. The van der Waals surface area contributed by atoms with Crippen molar-refractivity contribution in [2.24, 2.45) is 0 Å². The molecule has 3 aromatic heterocycles. The average Bonchev–Trinajstić information content (AvgIpc) is 3.07. The molecule has 0 saturated carbocycles. The molecule has 0 spiro atoms. The van der Waals surface area contributed by atoms with E-state index in [1.54, 1.807) is 17.5 Å². The minimum atomic E-state index is 0.0261. The number of rotatable bonds is 4. The normalized spacial score (nSPS) is 10.7. The third kappa shape index (κ3) is 2.66. The van der Waals surface area contributed by atoms with Gasteiger partial charge in [0.1, 0.15) is 5.65 Å². The maximum atomic E-state index is 11.9. The van der Waals surface area contributed by atoms with E-state index in [-0.39, 0.29) is 5.91 Å². The van der Waals surface area contributed by atoms with Crippen LogP contribution in [0.5, 0.6) is 0 Å². The molecule has 0 aromatic carbocycles. The van der Waals surface area contributed by atoms with Gasteiger partial charge in [-0.05, 0) is 29.1 Å². The minimum absolute atomic E-state index is 0.0261. The fraction of sp³-hybridized carbons (Fsp3) is 0.143. The summed E-state index contributed by atoms with van der Waals surface area (Å²) in [5, 5.41) is 5.94. The van der Waals surface area contributed by atoms with Gasteiger partial charge >= 0.3 is 0 Å². The molecule has 0 bridgehead atoms. The molecule has 4 nitrogen and oxygen atoms in total. The van der Waals surface area contributed by atoms with Crippen LogP contribution in [0.25, 0.3) is 11.0 Å². The number of H-pyrrole nitrogens is 1. The maximum Gasteiger partial charge on any atom is 0.224 e. The van der Waals surface area contributed by atoms with Crippen molar-refractivity contribution in [3.63, 3.8) is 0 Å². The molecule has 2 N–H and O–H groups in total. The van der Waals surface area contributed by atoms with E-state index in [2.05, 4.69) is 15.3 Å². The molecule has 0 aliphatic rings. The van der Waals surface area contributed by atoms with Crippen molar-refractivity contribution in [2.75, 3.05) is 0 Å². The summed E-state index contributed by atoms with van der Waals surface area (Å²) in [6.07, 6.45) is 3.96. The van der Waals surface area contributed by atoms with Gasteiger partial charge in [0.2, 0.25) is 5.91 Å². The molecule has 19 heavy (non-hydrogen) atoms. The van der Waals surface area contributed by atoms with E-state index in [0.29, 0.717) is 13.0 Å². The number of hydrogen-bond acceptors (Lipinski definition) is 3. The van der Waals surface area contributed by atoms with Gasteiger partial charge in [0.25, 0.3) is 0 Å². The molecule has 3 aromatic rings. The van der Waals surface area contributed by atoms with Crippen LogP contribution in [0.15, 0.2) is 42.0 Å². The standard InChI is InChI=1S/C14H13N3OS/c18-13(16-9-11-3-2-6-19-11)7-10-8-17-14-12(10)4-1-5-15-14/h1-6,8H,7,9H2,(H,15,17)(H,16,18). The molecule has 0 saturated heterocycles. The lowest BCUT2D eigenvalue weighted by atomic mass is 10.1. The predicted molar refractivity (Wildman–Crippen MR) is 76.0 cm³/mol. The summed E-state index contributed by atoms with van der Waals surface area (Å²) in [5.41, 5.74) is 1.80. The van der Waals surface area contributed by atoms with E-state index in [9.17, 15) is 4.79 Å². The summed E-state index contributed by atoms with van der Waals surface area (Å²) in [7, 11) is 0. The third-order valence-corrected chi connectivity index (χ3v) is 3.80. The fourth-order valence-electron chi connectivity index (χ4n) is 1.99. The van der Waals surface area contributed by atoms with E-state index >= 15 is 0 Å². The van der Waals surface area contributed by atoms with E-state index < -0.39 is 0 Å². The summed E-state index contributed by atoms with van der Waals surface area (Å²) in [5.74, 6) is 0.0261. The number of carbonyl (C=O) groups excluding carboxylic acids is 1. The first kappa shape index (κ1) is 11.9. The van der Waals surface area contributed by atoms with Gasteiger partial charge in [-0.2, -0.15) is 0 Å². The largest absolute Gasteiger partial charge is 0.351 e. The van der Waals surface area contributed by atoms with Crippen LogP contribution in [0.3, 0.4) is 0 Å². The fourth-order valence-corrected chi connectivity index (χ4v) is 2.64. The summed E-state index contributed by atoms with van der Waals surface area (Å²) in [4.78, 5) is 20.4. The Morgan fingerprint density at radius 1 is 1.37 bits per heavy atom. The first-order valence-corrected chi connectivity index (χ1v) is 6.91. The molecule has 0 radical (unpaired) electrons. The first-order chi connectivity index (χ1) is 9.33. The van der Waals surface area contributed by atoms with E-state index in [1.165, 1.54) is 0 Å². The Morgan fingerprint density at radius 3 is 3.16 bits per heavy atom. The Hall–Kier alpha value is -2.14. The second kappa shape index (κ2) is 5.24. The molecule has 3 heterocycles. The van der Waals surface area contributed by atoms with E-state index in [4.69, 9.17) is 0 Å². The van der Waals surface area contributed by atoms with Gasteiger partial charge in [0, 0.05) is 22.7 Å². The topological polar surface area (TPSA) is 57.8 Å². The zero-order chi connectivity index (χ0) is 13.1. The molecular formula is C14H13N3OS. The van der Waals surface area contributed by atoms with Gasteiger partial charge in [-0.15, -0.1) is 11.3 Å². The number of carbonyl (C=O) groups is 1. The predicted octanol–water partition coefficient (Wildman–Crippen LogP) is 2.48. The van der Waals surface area contributed by atoms with Gasteiger partial charge in [0.05, 0.1) is 13.0 Å². The number of aromatic amines is 1. The van der Waals surface area contributed by atoms with Gasteiger partial charge in [-0.3, -0.25) is 4.79 Å². The van der Waals surface area contributed by atoms with Crippen LogP contribution in [0, 0.1) is 0 Å². The number of hydrogen-bond donors (Lipinski definition) is 2. The lowest BCUT2D eigenvalue weighted by Gasteiger charge is -2.02. The molecule has 0 aliphatic heterocycles. The lowest BCUT2D eigenvalue weighted by molar-refractivity contribution is -0.120. The summed E-state index contributed by atoms with van der Waals surface area (Å²) in [6, 6.07) is 7.85. The van der Waals surface area contributed by atoms with Crippen LogP contribution in [0.1, 0.15) is 10.4 Å². The first-order valence-electron chi connectivity index (χ1n) is 6.03. The number of amides is 1. The second-order valence-corrected chi connectivity index (χ2v) is 5.28. The van der Waals surface area contributed by atoms with Crippen LogP contribution in [0.4, 0.5) is 0 Å². The highest BCUT2D eigenvalue weighted by Crippen LogP contribution is 2.16. The van der Waals surface area contributed by atoms with Gasteiger partial charge < -0.3 is 10.3 Å². The monoisotopic (exact) mass is 271 g/mol. The number of nitrogens with zero attached hydrogens (tertiary/aromatic N) is 1. The quantitative estimate of drug-likeness (QED) is 0.766. The molecule has 1 amide bonds. The van der Waals surface area contributed by atoms with Crippen LogP contribution in [-0.2, 0) is 17.8 Å². The average molecular weight is 271 g/mol. The zero-order valence-corrected chi connectivity index (χ0v) is 11.0. The Bertz CT molecular complexity index is 688. The highest BCUT2D eigenvalue weighted by Gasteiger charge is 2.08. The van der Waals surface area contributed by atoms with Crippen LogP contribution < -0.4 is 5.32 Å². The van der Waals surface area contributed by atoms with Crippen molar-refractivity contribution >= 4 is 28.3 Å². The van der Waals surface area contributed by atoms with Crippen molar-refractivity contribution in [3.8, 4) is 0 Å². The molecule has 0 fully saturated rings. The van der Waals surface area contributed by atoms with Gasteiger partial charge in [-0.25, -0.2) is 4.98 Å². The smallest absolute Gasteiger partial charge is 0.224 e. The number of nitrogens with one attached hydrogen (secondary N) is 2. The van der Waals surface area contributed by atoms with Crippen molar-refractivity contribution in [1.82, 2.24) is 15.3 Å². The Balaban J connectivity index is 1.66. The van der Waals surface area contributed by atoms with Crippen LogP contribution in [-0.4, -0.2) is 15.9 Å². The number of fused-ring (bicyclic) bond motifs is 1. The second-order valence-electron chi connectivity index (χ2n) is 4.25. The van der Waals surface area contributed by atoms with Crippen LogP contribution in [0.2, 0.25) is 0 Å². The Morgan fingerprint density at radius 2 is 2.32 bits per heavy atom. The summed E-state index contributed by atoms with van der Waals surface area (Å²) < 4.78 is 0. The molecule has 0 unspecified atom stereocenters. The molecular weight excluding hydrogens is 258 g/mol. The number of pyridine rings is 1.